The van der Waals surface area contributed by atoms with Gasteiger partial charge < -0.3 is 15.5 Å². The van der Waals surface area contributed by atoms with E-state index in [-0.39, 0.29) is 24.7 Å². The summed E-state index contributed by atoms with van der Waals surface area (Å²) in [6, 6.07) is 9.81. The van der Waals surface area contributed by atoms with Gasteiger partial charge in [-0.25, -0.2) is 0 Å². The van der Waals surface area contributed by atoms with Crippen LogP contribution in [0, 0.1) is 6.92 Å². The molecule has 0 saturated carbocycles. The van der Waals surface area contributed by atoms with E-state index < -0.39 is 17.6 Å². The lowest BCUT2D eigenvalue weighted by atomic mass is 10.1. The molecule has 28 heavy (non-hydrogen) atoms. The van der Waals surface area contributed by atoms with Crippen LogP contribution < -0.4 is 15.5 Å². The largest absolute Gasteiger partial charge is 0.418 e. The summed E-state index contributed by atoms with van der Waals surface area (Å²) in [5.74, 6) is -0.971. The van der Waals surface area contributed by atoms with Crippen LogP contribution in [-0.2, 0) is 15.8 Å². The Labute approximate surface area is 165 Å². The van der Waals surface area contributed by atoms with Gasteiger partial charge in [-0.2, -0.15) is 13.2 Å². The molecule has 0 spiro atoms. The van der Waals surface area contributed by atoms with Crippen molar-refractivity contribution in [1.29, 1.82) is 0 Å². The summed E-state index contributed by atoms with van der Waals surface area (Å²) in [7, 11) is 1.59. The van der Waals surface area contributed by atoms with Gasteiger partial charge in [0, 0.05) is 10.7 Å². The third-order valence-electron chi connectivity index (χ3n) is 3.89. The Morgan fingerprint density at radius 1 is 1.04 bits per heavy atom. The van der Waals surface area contributed by atoms with Crippen LogP contribution in [0.5, 0.6) is 0 Å². The lowest BCUT2D eigenvalue weighted by Gasteiger charge is -2.16. The minimum atomic E-state index is -4.57. The highest BCUT2D eigenvalue weighted by atomic mass is 35.5. The molecule has 1 unspecified atom stereocenters. The van der Waals surface area contributed by atoms with E-state index in [2.05, 4.69) is 10.6 Å². The molecule has 9 heteroatoms. The van der Waals surface area contributed by atoms with E-state index in [9.17, 15) is 22.8 Å². The Kier molecular flexibility index (Phi) is 7.04. The Morgan fingerprint density at radius 3 is 2.25 bits per heavy atom. The molecule has 2 aromatic carbocycles. The summed E-state index contributed by atoms with van der Waals surface area (Å²) < 4.78 is 38.9. The third-order valence-corrected chi connectivity index (χ3v) is 4.29. The van der Waals surface area contributed by atoms with E-state index in [1.54, 1.807) is 25.2 Å². The smallest absolute Gasteiger partial charge is 0.322 e. The lowest BCUT2D eigenvalue weighted by molar-refractivity contribution is -0.862. The van der Waals surface area contributed by atoms with Crippen molar-refractivity contribution in [2.24, 2.45) is 0 Å². The normalized spacial score (nSPS) is 12.4. The predicted octanol–water partition coefficient (Wildman–Crippen LogP) is 2.76. The van der Waals surface area contributed by atoms with Gasteiger partial charge in [-0.3, -0.25) is 9.59 Å². The molecule has 0 bridgehead atoms. The number of carbonyl (C=O) groups excluding carboxylic acids is 2. The molecule has 0 aliphatic heterocycles. The van der Waals surface area contributed by atoms with Crippen molar-refractivity contribution in [2.45, 2.75) is 13.1 Å². The summed E-state index contributed by atoms with van der Waals surface area (Å²) in [6.45, 7) is 1.62. The van der Waals surface area contributed by atoms with Crippen molar-refractivity contribution in [3.63, 3.8) is 0 Å². The first kappa shape index (κ1) is 21.7. The first-order valence-electron chi connectivity index (χ1n) is 8.39. The number of rotatable bonds is 6. The first-order chi connectivity index (χ1) is 13.1. The Morgan fingerprint density at radius 2 is 1.64 bits per heavy atom. The fourth-order valence-electron chi connectivity index (χ4n) is 2.52. The van der Waals surface area contributed by atoms with E-state index in [4.69, 9.17) is 11.6 Å². The van der Waals surface area contributed by atoms with E-state index in [0.717, 1.165) is 11.6 Å². The van der Waals surface area contributed by atoms with Gasteiger partial charge in [0.05, 0.1) is 18.3 Å². The molecule has 3 N–H and O–H groups in total. The van der Waals surface area contributed by atoms with Gasteiger partial charge in [-0.1, -0.05) is 29.8 Å². The van der Waals surface area contributed by atoms with Gasteiger partial charge in [-0.15, -0.1) is 0 Å². The molecule has 150 valence electrons. The first-order valence-corrected chi connectivity index (χ1v) is 8.77. The van der Waals surface area contributed by atoms with Gasteiger partial charge in [0.25, 0.3) is 11.8 Å². The molecular weight excluding hydrogens is 395 g/mol. The van der Waals surface area contributed by atoms with E-state index >= 15 is 0 Å². The third kappa shape index (κ3) is 6.24. The van der Waals surface area contributed by atoms with Crippen molar-refractivity contribution >= 4 is 34.8 Å². The molecule has 0 radical (unpaired) electrons. The highest BCUT2D eigenvalue weighted by Crippen LogP contribution is 2.34. The number of alkyl halides is 3. The van der Waals surface area contributed by atoms with Crippen molar-refractivity contribution in [3.8, 4) is 0 Å². The highest BCUT2D eigenvalue weighted by Gasteiger charge is 2.33. The number of anilines is 2. The van der Waals surface area contributed by atoms with Crippen molar-refractivity contribution in [1.82, 2.24) is 0 Å². The molecule has 0 aromatic heterocycles. The zero-order valence-corrected chi connectivity index (χ0v) is 16.0. The monoisotopic (exact) mass is 414 g/mol. The molecule has 0 fully saturated rings. The second kappa shape index (κ2) is 9.07. The molecule has 1 atom stereocenters. The van der Waals surface area contributed by atoms with Gasteiger partial charge >= 0.3 is 6.18 Å². The van der Waals surface area contributed by atoms with E-state index in [0.29, 0.717) is 15.6 Å². The van der Waals surface area contributed by atoms with Gasteiger partial charge in [0.1, 0.15) is 0 Å². The Bertz CT molecular complexity index is 872. The zero-order chi connectivity index (χ0) is 20.9. The van der Waals surface area contributed by atoms with Gasteiger partial charge in [-0.05, 0) is 36.8 Å². The molecule has 0 heterocycles. The van der Waals surface area contributed by atoms with Gasteiger partial charge in [0.2, 0.25) is 0 Å². The molecule has 0 aliphatic carbocycles. The van der Waals surface area contributed by atoms with Gasteiger partial charge in [0.15, 0.2) is 13.1 Å². The molecule has 0 aliphatic rings. The standard InChI is InChI=1S/C19H19ClF3N3O2/c1-12-7-8-13(9-15(12)20)24-17(27)10-26(2)11-18(28)25-16-6-4-3-5-14(16)19(21,22)23/h3-9H,10-11H2,1-2H3,(H,24,27)(H,25,28)/p+1. The van der Waals surface area contributed by atoms with Crippen LogP contribution in [0.4, 0.5) is 24.5 Å². The number of amides is 2. The maximum Gasteiger partial charge on any atom is 0.418 e. The number of likely N-dealkylation sites (N-methyl/N-ethyl adjacent to an activating group) is 1. The number of hydrogen-bond acceptors (Lipinski definition) is 2. The van der Waals surface area contributed by atoms with Crippen LogP contribution in [0.1, 0.15) is 11.1 Å². The minimum absolute atomic E-state index is 0.0418. The molecular formula is C19H20ClF3N3O2+. The molecule has 2 rings (SSSR count). The summed E-state index contributed by atoms with van der Waals surface area (Å²) in [4.78, 5) is 24.7. The number of hydrogen-bond donors (Lipinski definition) is 3. The predicted molar refractivity (Wildman–Crippen MR) is 102 cm³/mol. The average Bonchev–Trinajstić information content (AvgIpc) is 2.57. The fraction of sp³-hybridized carbons (Fsp3) is 0.263. The van der Waals surface area contributed by atoms with Crippen LogP contribution in [0.25, 0.3) is 0 Å². The molecule has 2 aromatic rings. The quantitative estimate of drug-likeness (QED) is 0.680. The molecule has 0 saturated heterocycles. The Hall–Kier alpha value is -2.58. The minimum Gasteiger partial charge on any atom is -0.322 e. The number of nitrogens with one attached hydrogen (secondary N) is 3. The summed E-state index contributed by atoms with van der Waals surface area (Å²) in [6.07, 6.45) is -4.57. The zero-order valence-electron chi connectivity index (χ0n) is 15.3. The van der Waals surface area contributed by atoms with Crippen LogP contribution in [0.2, 0.25) is 5.02 Å². The van der Waals surface area contributed by atoms with Crippen molar-refractivity contribution in [2.75, 3.05) is 30.8 Å². The summed E-state index contributed by atoms with van der Waals surface area (Å²) in [5.41, 5.74) is 0.164. The van der Waals surface area contributed by atoms with Crippen LogP contribution >= 0.6 is 11.6 Å². The van der Waals surface area contributed by atoms with Crippen LogP contribution in [0.15, 0.2) is 42.5 Å². The molecule has 5 nitrogen and oxygen atoms in total. The topological polar surface area (TPSA) is 62.6 Å². The van der Waals surface area contributed by atoms with Crippen LogP contribution in [-0.4, -0.2) is 32.0 Å². The van der Waals surface area contributed by atoms with E-state index in [1.807, 2.05) is 6.92 Å². The Balaban J connectivity index is 1.90. The highest BCUT2D eigenvalue weighted by molar-refractivity contribution is 6.31. The maximum atomic E-state index is 13.0. The second-order valence-electron chi connectivity index (χ2n) is 6.41. The second-order valence-corrected chi connectivity index (χ2v) is 6.82. The SMILES string of the molecule is Cc1ccc(NC(=O)C[NH+](C)CC(=O)Nc2ccccc2C(F)(F)F)cc1Cl. The number of para-hydroxylation sites is 1. The number of benzene rings is 2. The average molecular weight is 415 g/mol. The number of aryl methyl sites for hydroxylation is 1. The summed E-state index contributed by atoms with van der Waals surface area (Å²) in [5, 5.41) is 5.44. The fourth-order valence-corrected chi connectivity index (χ4v) is 2.70. The van der Waals surface area contributed by atoms with Crippen molar-refractivity contribution < 1.29 is 27.7 Å². The number of halogens is 4. The lowest BCUT2D eigenvalue weighted by Crippen LogP contribution is -3.11. The number of quaternary nitrogens is 1. The number of carbonyl (C=O) groups is 2. The molecule has 2 amide bonds. The van der Waals surface area contributed by atoms with Crippen molar-refractivity contribution in [3.05, 3.63) is 58.6 Å². The maximum absolute atomic E-state index is 13.0. The summed E-state index contributed by atoms with van der Waals surface area (Å²) >= 11 is 6.00. The van der Waals surface area contributed by atoms with Crippen LogP contribution in [0.3, 0.4) is 0 Å². The van der Waals surface area contributed by atoms with E-state index in [1.165, 1.54) is 18.2 Å².